The molecule has 39 heavy (non-hydrogen) atoms. The zero-order valence-corrected chi connectivity index (χ0v) is 21.5. The van der Waals surface area contributed by atoms with Gasteiger partial charge in [0.05, 0.1) is 23.1 Å². The van der Waals surface area contributed by atoms with Gasteiger partial charge in [-0.05, 0) is 90.9 Å². The van der Waals surface area contributed by atoms with E-state index in [2.05, 4.69) is 6.92 Å². The minimum absolute atomic E-state index is 0.268. The molecule has 1 saturated heterocycles. The summed E-state index contributed by atoms with van der Waals surface area (Å²) in [5.41, 5.74) is -0.573. The lowest BCUT2D eigenvalue weighted by atomic mass is 9.83. The third-order valence-electron chi connectivity index (χ3n) is 7.48. The average Bonchev–Trinajstić information content (AvgIpc) is 2.89. The fourth-order valence-corrected chi connectivity index (χ4v) is 5.19. The Bertz CT molecular complexity index is 1290. The molecule has 0 radical (unpaired) electrons. The molecule has 0 spiro atoms. The van der Waals surface area contributed by atoms with E-state index < -0.39 is 41.4 Å². The van der Waals surface area contributed by atoms with Gasteiger partial charge in [0.2, 0.25) is 0 Å². The Morgan fingerprint density at radius 2 is 1.46 bits per heavy atom. The number of carbonyl (C=O) groups is 1. The van der Waals surface area contributed by atoms with Crippen molar-refractivity contribution in [2.45, 2.75) is 51.0 Å². The summed E-state index contributed by atoms with van der Waals surface area (Å²) in [6.07, 6.45) is -7.82. The number of halogens is 6. The molecule has 1 fully saturated rings. The van der Waals surface area contributed by atoms with Crippen molar-refractivity contribution in [1.82, 2.24) is 4.90 Å². The Balaban J connectivity index is 2.01. The van der Waals surface area contributed by atoms with Gasteiger partial charge in [-0.1, -0.05) is 49.4 Å². The molecule has 2 atom stereocenters. The number of carboxylic acids is 1. The highest BCUT2D eigenvalue weighted by molar-refractivity contribution is 5.79. The molecule has 0 amide bonds. The van der Waals surface area contributed by atoms with Crippen LogP contribution in [0.1, 0.15) is 66.5 Å². The molecule has 1 N–H and O–H groups in total. The summed E-state index contributed by atoms with van der Waals surface area (Å²) in [7, 11) is 0. The van der Waals surface area contributed by atoms with Crippen LogP contribution in [0.15, 0.2) is 66.7 Å². The molecule has 9 heteroatoms. The first-order valence-electron chi connectivity index (χ1n) is 12.7. The summed E-state index contributed by atoms with van der Waals surface area (Å²) in [5, 5.41) is 9.60. The number of alkyl halides is 6. The average molecular weight is 550 g/mol. The minimum atomic E-state index is -4.84. The number of hydrogen-bond acceptors (Lipinski definition) is 2. The van der Waals surface area contributed by atoms with Crippen molar-refractivity contribution >= 4 is 5.97 Å². The predicted octanol–water partition coefficient (Wildman–Crippen LogP) is 8.40. The van der Waals surface area contributed by atoms with Crippen LogP contribution in [-0.2, 0) is 17.1 Å². The number of aliphatic carboxylic acids is 1. The standard InChI is InChI=1S/C30H29F6NO2/c1-18-12-14-37(15-13-18)27(21-8-10-22(11-9-21)29(31,32)33)25-17-26(30(34,35)36)23(19(2)28(38)39)16-24(25)20-6-4-3-5-7-20/h3-11,16-19,27H,12-15H2,1-2H3,(H,38,39)/t19-,27+/m0/s1. The van der Waals surface area contributed by atoms with Gasteiger partial charge in [-0.2, -0.15) is 26.3 Å². The summed E-state index contributed by atoms with van der Waals surface area (Å²) >= 11 is 0. The normalized spacial score (nSPS) is 17.1. The summed E-state index contributed by atoms with van der Waals surface area (Å²) in [6.45, 7) is 4.40. The fourth-order valence-electron chi connectivity index (χ4n) is 5.19. The van der Waals surface area contributed by atoms with Crippen LogP contribution in [0.3, 0.4) is 0 Å². The number of rotatable bonds is 6. The van der Waals surface area contributed by atoms with Gasteiger partial charge in [-0.15, -0.1) is 0 Å². The van der Waals surface area contributed by atoms with Crippen LogP contribution >= 0.6 is 0 Å². The zero-order chi connectivity index (χ0) is 28.5. The fraction of sp³-hybridized carbons (Fsp3) is 0.367. The van der Waals surface area contributed by atoms with Gasteiger partial charge in [0.15, 0.2) is 0 Å². The van der Waals surface area contributed by atoms with E-state index in [4.69, 9.17) is 0 Å². The lowest BCUT2D eigenvalue weighted by molar-refractivity contribution is -0.141. The molecule has 1 aliphatic rings. The smallest absolute Gasteiger partial charge is 0.416 e. The molecule has 208 valence electrons. The van der Waals surface area contributed by atoms with E-state index in [0.29, 0.717) is 35.7 Å². The summed E-state index contributed by atoms with van der Waals surface area (Å²) in [4.78, 5) is 13.8. The highest BCUT2D eigenvalue weighted by atomic mass is 19.4. The minimum Gasteiger partial charge on any atom is -0.481 e. The van der Waals surface area contributed by atoms with Crippen LogP contribution < -0.4 is 0 Å². The Morgan fingerprint density at radius 3 is 1.97 bits per heavy atom. The molecule has 0 aliphatic carbocycles. The number of hydrogen-bond donors (Lipinski definition) is 1. The number of carboxylic acid groups (broad SMARTS) is 1. The molecule has 4 rings (SSSR count). The number of nitrogens with zero attached hydrogens (tertiary/aromatic N) is 1. The molecule has 3 aromatic rings. The van der Waals surface area contributed by atoms with Gasteiger partial charge >= 0.3 is 18.3 Å². The Labute approximate surface area is 223 Å². The van der Waals surface area contributed by atoms with E-state index in [1.807, 2.05) is 4.90 Å². The van der Waals surface area contributed by atoms with E-state index in [9.17, 15) is 36.2 Å². The number of likely N-dealkylation sites (tertiary alicyclic amines) is 1. The van der Waals surface area contributed by atoms with E-state index in [1.165, 1.54) is 25.1 Å². The van der Waals surface area contributed by atoms with Crippen molar-refractivity contribution in [3.63, 3.8) is 0 Å². The monoisotopic (exact) mass is 549 g/mol. The first-order valence-corrected chi connectivity index (χ1v) is 12.7. The summed E-state index contributed by atoms with van der Waals surface area (Å²) in [6, 6.07) is 14.7. The molecule has 1 heterocycles. The van der Waals surface area contributed by atoms with Crippen LogP contribution in [0.4, 0.5) is 26.3 Å². The maximum absolute atomic E-state index is 14.4. The molecule has 3 aromatic carbocycles. The third-order valence-corrected chi connectivity index (χ3v) is 7.48. The second kappa shape index (κ2) is 11.0. The highest BCUT2D eigenvalue weighted by Gasteiger charge is 2.39. The maximum atomic E-state index is 14.4. The van der Waals surface area contributed by atoms with Crippen LogP contribution in [0.2, 0.25) is 0 Å². The van der Waals surface area contributed by atoms with Crippen LogP contribution in [-0.4, -0.2) is 29.1 Å². The van der Waals surface area contributed by atoms with Gasteiger partial charge in [-0.25, -0.2) is 0 Å². The molecular formula is C30H29F6NO2. The van der Waals surface area contributed by atoms with Gasteiger partial charge in [-0.3, -0.25) is 9.69 Å². The largest absolute Gasteiger partial charge is 0.481 e. The van der Waals surface area contributed by atoms with Crippen molar-refractivity contribution in [2.75, 3.05) is 13.1 Å². The van der Waals surface area contributed by atoms with Gasteiger partial charge in [0, 0.05) is 0 Å². The van der Waals surface area contributed by atoms with Crippen LogP contribution in [0.25, 0.3) is 11.1 Å². The van der Waals surface area contributed by atoms with E-state index in [1.54, 1.807) is 30.3 Å². The molecule has 3 nitrogen and oxygen atoms in total. The van der Waals surface area contributed by atoms with Gasteiger partial charge < -0.3 is 5.11 Å². The topological polar surface area (TPSA) is 40.5 Å². The lowest BCUT2D eigenvalue weighted by Gasteiger charge is -2.38. The zero-order valence-electron chi connectivity index (χ0n) is 21.5. The molecule has 0 bridgehead atoms. The van der Waals surface area contributed by atoms with Crippen molar-refractivity contribution in [2.24, 2.45) is 5.92 Å². The SMILES string of the molecule is CC1CCN([C@H](c2ccc(C(F)(F)F)cc2)c2cc(C(F)(F)F)c([C@H](C)C(=O)O)cc2-c2ccccc2)CC1. The molecule has 0 aromatic heterocycles. The Hall–Kier alpha value is -3.33. The summed E-state index contributed by atoms with van der Waals surface area (Å²) < 4.78 is 83.1. The molecule has 0 unspecified atom stereocenters. The lowest BCUT2D eigenvalue weighted by Crippen LogP contribution is -2.37. The van der Waals surface area contributed by atoms with E-state index in [-0.39, 0.29) is 11.1 Å². The second-order valence-electron chi connectivity index (χ2n) is 10.2. The first-order chi connectivity index (χ1) is 18.3. The maximum Gasteiger partial charge on any atom is 0.416 e. The molecular weight excluding hydrogens is 520 g/mol. The predicted molar refractivity (Wildman–Crippen MR) is 136 cm³/mol. The van der Waals surface area contributed by atoms with Crippen molar-refractivity contribution in [3.8, 4) is 11.1 Å². The Kier molecular flexibility index (Phi) is 8.12. The molecule has 0 saturated carbocycles. The van der Waals surface area contributed by atoms with Crippen molar-refractivity contribution in [1.29, 1.82) is 0 Å². The molecule has 1 aliphatic heterocycles. The number of piperidine rings is 1. The summed E-state index contributed by atoms with van der Waals surface area (Å²) in [5.74, 6) is -2.41. The van der Waals surface area contributed by atoms with Crippen LogP contribution in [0, 0.1) is 5.92 Å². The number of benzene rings is 3. The quantitative estimate of drug-likeness (QED) is 0.314. The van der Waals surface area contributed by atoms with Crippen molar-refractivity contribution < 1.29 is 36.2 Å². The highest BCUT2D eigenvalue weighted by Crippen LogP contribution is 2.45. The Morgan fingerprint density at radius 1 is 0.872 bits per heavy atom. The second-order valence-corrected chi connectivity index (χ2v) is 10.2. The van der Waals surface area contributed by atoms with E-state index >= 15 is 0 Å². The van der Waals surface area contributed by atoms with E-state index in [0.717, 1.165) is 31.0 Å². The van der Waals surface area contributed by atoms with Gasteiger partial charge in [0.25, 0.3) is 0 Å². The van der Waals surface area contributed by atoms with Gasteiger partial charge in [0.1, 0.15) is 0 Å². The van der Waals surface area contributed by atoms with Crippen molar-refractivity contribution in [3.05, 3.63) is 94.5 Å². The van der Waals surface area contributed by atoms with Crippen LogP contribution in [0.5, 0.6) is 0 Å². The first kappa shape index (κ1) is 28.7. The third kappa shape index (κ3) is 6.30.